The summed E-state index contributed by atoms with van der Waals surface area (Å²) in [5.41, 5.74) is 7.39. The molecule has 2 rings (SSSR count). The summed E-state index contributed by atoms with van der Waals surface area (Å²) in [6.45, 7) is 6.86. The van der Waals surface area contributed by atoms with Gasteiger partial charge in [0.15, 0.2) is 11.6 Å². The third kappa shape index (κ3) is 4.26. The molecule has 0 aliphatic heterocycles. The summed E-state index contributed by atoms with van der Waals surface area (Å²) < 4.78 is 26.4. The predicted molar refractivity (Wildman–Crippen MR) is 83.0 cm³/mol. The maximum atomic E-state index is 13.3. The average Bonchev–Trinajstić information content (AvgIpc) is 2.55. The van der Waals surface area contributed by atoms with Crippen molar-refractivity contribution in [2.45, 2.75) is 64.8 Å². The lowest BCUT2D eigenvalue weighted by molar-refractivity contribution is 0.210. The first kappa shape index (κ1) is 16.4. The van der Waals surface area contributed by atoms with Crippen molar-refractivity contribution >= 4 is 0 Å². The van der Waals surface area contributed by atoms with Crippen molar-refractivity contribution in [1.29, 1.82) is 0 Å². The van der Waals surface area contributed by atoms with Crippen LogP contribution in [0.5, 0.6) is 0 Å². The zero-order chi connectivity index (χ0) is 15.7. The van der Waals surface area contributed by atoms with Gasteiger partial charge in [0.1, 0.15) is 0 Å². The normalized spacial score (nSPS) is 27.4. The molecule has 21 heavy (non-hydrogen) atoms. The number of nitrogens with two attached hydrogens (primary N) is 1. The molecule has 2 unspecified atom stereocenters. The molecular formula is C18H27F2N. The van der Waals surface area contributed by atoms with Gasteiger partial charge in [0.05, 0.1) is 0 Å². The number of hydrogen-bond acceptors (Lipinski definition) is 1. The van der Waals surface area contributed by atoms with Gasteiger partial charge in [0, 0.05) is 5.54 Å². The monoisotopic (exact) mass is 295 g/mol. The Bertz CT molecular complexity index is 492. The summed E-state index contributed by atoms with van der Waals surface area (Å²) in [5, 5.41) is 0. The van der Waals surface area contributed by atoms with E-state index < -0.39 is 11.6 Å². The minimum Gasteiger partial charge on any atom is -0.325 e. The maximum Gasteiger partial charge on any atom is 0.159 e. The first-order chi connectivity index (χ1) is 9.70. The third-order valence-electron chi connectivity index (χ3n) is 4.98. The molecule has 3 heteroatoms. The van der Waals surface area contributed by atoms with Crippen LogP contribution in [0.25, 0.3) is 0 Å². The van der Waals surface area contributed by atoms with Crippen molar-refractivity contribution in [2.75, 3.05) is 0 Å². The topological polar surface area (TPSA) is 26.0 Å². The molecule has 0 amide bonds. The Balaban J connectivity index is 2.06. The van der Waals surface area contributed by atoms with Gasteiger partial charge in [-0.1, -0.05) is 33.3 Å². The van der Waals surface area contributed by atoms with Crippen molar-refractivity contribution < 1.29 is 8.78 Å². The largest absolute Gasteiger partial charge is 0.325 e. The standard InChI is InChI=1S/C18H27F2N/c1-17(2,3)14-5-4-9-18(21,10-8-14)12-13-6-7-15(19)16(20)11-13/h6-7,11,14H,4-5,8-10,12,21H2,1-3H3. The van der Waals surface area contributed by atoms with Crippen molar-refractivity contribution in [3.05, 3.63) is 35.4 Å². The fourth-order valence-corrected chi connectivity index (χ4v) is 3.53. The van der Waals surface area contributed by atoms with E-state index in [9.17, 15) is 8.78 Å². The molecule has 0 radical (unpaired) electrons. The summed E-state index contributed by atoms with van der Waals surface area (Å²) in [6, 6.07) is 4.14. The highest BCUT2D eigenvalue weighted by molar-refractivity contribution is 5.20. The van der Waals surface area contributed by atoms with Crippen LogP contribution in [0.4, 0.5) is 8.78 Å². The second-order valence-corrected chi connectivity index (χ2v) is 7.78. The SMILES string of the molecule is CC(C)(C)C1CCCC(N)(Cc2ccc(F)c(F)c2)CC1. The lowest BCUT2D eigenvalue weighted by Gasteiger charge is -2.31. The molecule has 1 fully saturated rings. The summed E-state index contributed by atoms with van der Waals surface area (Å²) in [7, 11) is 0. The Labute approximate surface area is 126 Å². The Morgan fingerprint density at radius 3 is 2.48 bits per heavy atom. The summed E-state index contributed by atoms with van der Waals surface area (Å²) >= 11 is 0. The highest BCUT2D eigenvalue weighted by Gasteiger charge is 2.33. The molecule has 0 aromatic heterocycles. The summed E-state index contributed by atoms with van der Waals surface area (Å²) in [6.07, 6.45) is 5.97. The van der Waals surface area contributed by atoms with E-state index in [-0.39, 0.29) is 5.54 Å². The van der Waals surface area contributed by atoms with E-state index in [1.54, 1.807) is 6.07 Å². The van der Waals surface area contributed by atoms with Gasteiger partial charge < -0.3 is 5.73 Å². The molecule has 2 N–H and O–H groups in total. The van der Waals surface area contributed by atoms with E-state index in [0.29, 0.717) is 17.8 Å². The van der Waals surface area contributed by atoms with Crippen LogP contribution in [0.15, 0.2) is 18.2 Å². The molecule has 0 bridgehead atoms. The zero-order valence-corrected chi connectivity index (χ0v) is 13.4. The summed E-state index contributed by atoms with van der Waals surface area (Å²) in [4.78, 5) is 0. The van der Waals surface area contributed by atoms with Crippen LogP contribution in [-0.2, 0) is 6.42 Å². The predicted octanol–water partition coefficient (Wildman–Crippen LogP) is 4.83. The molecule has 1 nitrogen and oxygen atoms in total. The average molecular weight is 295 g/mol. The first-order valence-electron chi connectivity index (χ1n) is 7.92. The highest BCUT2D eigenvalue weighted by atomic mass is 19.2. The number of rotatable bonds is 2. The van der Waals surface area contributed by atoms with Crippen LogP contribution < -0.4 is 5.73 Å². The molecule has 1 aliphatic rings. The van der Waals surface area contributed by atoms with E-state index in [1.165, 1.54) is 18.6 Å². The van der Waals surface area contributed by atoms with Crippen LogP contribution in [-0.4, -0.2) is 5.54 Å². The number of halogens is 2. The maximum absolute atomic E-state index is 13.3. The lowest BCUT2D eigenvalue weighted by atomic mass is 9.76. The second-order valence-electron chi connectivity index (χ2n) is 7.78. The van der Waals surface area contributed by atoms with Gasteiger partial charge in [-0.05, 0) is 61.1 Å². The van der Waals surface area contributed by atoms with Gasteiger partial charge >= 0.3 is 0 Å². The molecule has 0 heterocycles. The highest BCUT2D eigenvalue weighted by Crippen LogP contribution is 2.39. The van der Waals surface area contributed by atoms with Gasteiger partial charge in [-0.3, -0.25) is 0 Å². The molecular weight excluding hydrogens is 268 g/mol. The van der Waals surface area contributed by atoms with Crippen molar-refractivity contribution in [3.63, 3.8) is 0 Å². The van der Waals surface area contributed by atoms with Crippen molar-refractivity contribution in [1.82, 2.24) is 0 Å². The number of hydrogen-bond donors (Lipinski definition) is 1. The van der Waals surface area contributed by atoms with E-state index in [1.807, 2.05) is 0 Å². The van der Waals surface area contributed by atoms with Gasteiger partial charge in [0.25, 0.3) is 0 Å². The zero-order valence-electron chi connectivity index (χ0n) is 13.4. The van der Waals surface area contributed by atoms with Crippen LogP contribution in [0.2, 0.25) is 0 Å². The van der Waals surface area contributed by atoms with Crippen LogP contribution in [0.3, 0.4) is 0 Å². The molecule has 118 valence electrons. The molecule has 0 saturated heterocycles. The molecule has 1 aromatic rings. The van der Waals surface area contributed by atoms with Crippen molar-refractivity contribution in [3.8, 4) is 0 Å². The smallest absolute Gasteiger partial charge is 0.159 e. The summed E-state index contributed by atoms with van der Waals surface area (Å²) in [5.74, 6) is -0.886. The van der Waals surface area contributed by atoms with E-state index >= 15 is 0 Å². The van der Waals surface area contributed by atoms with Gasteiger partial charge in [-0.25, -0.2) is 8.78 Å². The van der Waals surface area contributed by atoms with E-state index in [0.717, 1.165) is 31.2 Å². The quantitative estimate of drug-likeness (QED) is 0.777. The molecule has 2 atom stereocenters. The first-order valence-corrected chi connectivity index (χ1v) is 7.92. The van der Waals surface area contributed by atoms with Crippen LogP contribution in [0, 0.1) is 23.0 Å². The van der Waals surface area contributed by atoms with Crippen LogP contribution >= 0.6 is 0 Å². The fourth-order valence-electron chi connectivity index (χ4n) is 3.53. The molecule has 1 aliphatic carbocycles. The fraction of sp³-hybridized carbons (Fsp3) is 0.667. The minimum absolute atomic E-state index is 0.287. The Kier molecular flexibility index (Phi) is 4.72. The van der Waals surface area contributed by atoms with E-state index in [4.69, 9.17) is 5.73 Å². The Hall–Kier alpha value is -0.960. The number of benzene rings is 1. The van der Waals surface area contributed by atoms with E-state index in [2.05, 4.69) is 20.8 Å². The van der Waals surface area contributed by atoms with Gasteiger partial charge in [-0.2, -0.15) is 0 Å². The van der Waals surface area contributed by atoms with Gasteiger partial charge in [0.2, 0.25) is 0 Å². The Morgan fingerprint density at radius 1 is 1.14 bits per heavy atom. The second kappa shape index (κ2) is 6.04. The lowest BCUT2D eigenvalue weighted by Crippen LogP contribution is -2.41. The van der Waals surface area contributed by atoms with Gasteiger partial charge in [-0.15, -0.1) is 0 Å². The van der Waals surface area contributed by atoms with Crippen LogP contribution in [0.1, 0.15) is 58.4 Å². The molecule has 0 spiro atoms. The third-order valence-corrected chi connectivity index (χ3v) is 4.98. The molecule has 1 saturated carbocycles. The minimum atomic E-state index is -0.793. The Morgan fingerprint density at radius 2 is 1.86 bits per heavy atom. The molecule has 1 aromatic carbocycles. The van der Waals surface area contributed by atoms with Crippen molar-refractivity contribution in [2.24, 2.45) is 17.1 Å².